The van der Waals surface area contributed by atoms with Gasteiger partial charge in [0, 0.05) is 24.7 Å². The molecule has 0 aliphatic carbocycles. The van der Waals surface area contributed by atoms with Crippen LogP contribution in [0.25, 0.3) is 0 Å². The van der Waals surface area contributed by atoms with Crippen LogP contribution in [0.5, 0.6) is 0 Å². The maximum absolute atomic E-state index is 13.8. The Balaban J connectivity index is 2.21. The van der Waals surface area contributed by atoms with E-state index in [0.717, 1.165) is 11.6 Å². The molecule has 25 heavy (non-hydrogen) atoms. The molecule has 0 aliphatic heterocycles. The fourth-order valence-electron chi connectivity index (χ4n) is 2.33. The van der Waals surface area contributed by atoms with Gasteiger partial charge in [0.1, 0.15) is 11.5 Å². The lowest BCUT2D eigenvalue weighted by Gasteiger charge is -2.13. The lowest BCUT2D eigenvalue weighted by Crippen LogP contribution is -2.12. The first-order valence-corrected chi connectivity index (χ1v) is 7.36. The SMILES string of the molecule is CN(C)Cc1cc(CNc2ccc([N+](=O)[O-])cc2[N+](=O)[O-])ccc1F. The molecule has 0 radical (unpaired) electrons. The largest absolute Gasteiger partial charge is 0.375 e. The Bertz CT molecular complexity index is 811. The van der Waals surface area contributed by atoms with Gasteiger partial charge in [0.2, 0.25) is 0 Å². The number of nitro benzene ring substituents is 2. The van der Waals surface area contributed by atoms with E-state index in [4.69, 9.17) is 0 Å². The van der Waals surface area contributed by atoms with Gasteiger partial charge in [0.15, 0.2) is 0 Å². The van der Waals surface area contributed by atoms with E-state index in [1.807, 2.05) is 19.0 Å². The molecule has 0 fully saturated rings. The van der Waals surface area contributed by atoms with Crippen LogP contribution in [0.1, 0.15) is 11.1 Å². The van der Waals surface area contributed by atoms with Crippen molar-refractivity contribution in [3.8, 4) is 0 Å². The molecule has 0 aliphatic rings. The molecule has 132 valence electrons. The molecule has 0 saturated heterocycles. The average molecular weight is 348 g/mol. The third-order valence-corrected chi connectivity index (χ3v) is 3.47. The molecule has 0 heterocycles. The average Bonchev–Trinajstić information content (AvgIpc) is 2.54. The molecule has 0 spiro atoms. The highest BCUT2D eigenvalue weighted by Gasteiger charge is 2.19. The Morgan fingerprint density at radius 2 is 1.80 bits per heavy atom. The van der Waals surface area contributed by atoms with E-state index in [2.05, 4.69) is 5.32 Å². The van der Waals surface area contributed by atoms with Crippen LogP contribution in [0.3, 0.4) is 0 Å². The molecule has 0 saturated carbocycles. The Morgan fingerprint density at radius 3 is 2.40 bits per heavy atom. The minimum absolute atomic E-state index is 0.161. The van der Waals surface area contributed by atoms with Gasteiger partial charge >= 0.3 is 0 Å². The molecule has 0 bridgehead atoms. The standard InChI is InChI=1S/C16H17FN4O4/c1-19(2)10-12-7-11(3-5-14(12)17)9-18-15-6-4-13(20(22)23)8-16(15)21(24)25/h3-8,18H,9-10H2,1-2H3. The van der Waals surface area contributed by atoms with Crippen molar-refractivity contribution < 1.29 is 14.2 Å². The summed E-state index contributed by atoms with van der Waals surface area (Å²) in [5.41, 5.74) is 0.680. The van der Waals surface area contributed by atoms with E-state index < -0.39 is 9.85 Å². The number of nitrogens with one attached hydrogen (secondary N) is 1. The maximum atomic E-state index is 13.8. The van der Waals surface area contributed by atoms with Crippen LogP contribution in [0.2, 0.25) is 0 Å². The normalized spacial score (nSPS) is 10.7. The van der Waals surface area contributed by atoms with Crippen LogP contribution < -0.4 is 5.32 Å². The number of hydrogen-bond acceptors (Lipinski definition) is 6. The van der Waals surface area contributed by atoms with E-state index in [0.29, 0.717) is 12.1 Å². The highest BCUT2D eigenvalue weighted by Crippen LogP contribution is 2.29. The van der Waals surface area contributed by atoms with Crippen LogP contribution in [-0.4, -0.2) is 28.8 Å². The molecule has 2 aromatic carbocycles. The van der Waals surface area contributed by atoms with Crippen molar-refractivity contribution in [2.24, 2.45) is 0 Å². The quantitative estimate of drug-likeness (QED) is 0.608. The summed E-state index contributed by atoms with van der Waals surface area (Å²) in [5, 5.41) is 24.7. The summed E-state index contributed by atoms with van der Waals surface area (Å²) in [5.74, 6) is -0.321. The Morgan fingerprint density at radius 1 is 1.08 bits per heavy atom. The van der Waals surface area contributed by atoms with Gasteiger partial charge in [0.25, 0.3) is 11.4 Å². The second-order valence-corrected chi connectivity index (χ2v) is 5.73. The molecular weight excluding hydrogens is 331 g/mol. The third-order valence-electron chi connectivity index (χ3n) is 3.47. The summed E-state index contributed by atoms with van der Waals surface area (Å²) in [7, 11) is 3.65. The van der Waals surface area contributed by atoms with Crippen LogP contribution in [-0.2, 0) is 13.1 Å². The van der Waals surface area contributed by atoms with Crippen molar-refractivity contribution in [2.45, 2.75) is 13.1 Å². The van der Waals surface area contributed by atoms with Gasteiger partial charge in [-0.3, -0.25) is 20.2 Å². The summed E-state index contributed by atoms with van der Waals surface area (Å²) in [6.07, 6.45) is 0. The van der Waals surface area contributed by atoms with Gasteiger partial charge in [-0.1, -0.05) is 6.07 Å². The van der Waals surface area contributed by atoms with Crippen molar-refractivity contribution in [1.82, 2.24) is 4.90 Å². The van der Waals surface area contributed by atoms with E-state index in [1.165, 1.54) is 18.2 Å². The molecule has 2 aromatic rings. The first-order chi connectivity index (χ1) is 11.8. The fraction of sp³-hybridized carbons (Fsp3) is 0.250. The lowest BCUT2D eigenvalue weighted by molar-refractivity contribution is -0.393. The summed E-state index contributed by atoms with van der Waals surface area (Å²) in [4.78, 5) is 22.3. The van der Waals surface area contributed by atoms with E-state index >= 15 is 0 Å². The van der Waals surface area contributed by atoms with Crippen LogP contribution in [0.4, 0.5) is 21.5 Å². The molecule has 9 heteroatoms. The van der Waals surface area contributed by atoms with E-state index in [1.54, 1.807) is 12.1 Å². The molecule has 2 rings (SSSR count). The fourth-order valence-corrected chi connectivity index (χ4v) is 2.33. The number of halogens is 1. The summed E-state index contributed by atoms with van der Waals surface area (Å²) in [6.45, 7) is 0.650. The second kappa shape index (κ2) is 7.67. The van der Waals surface area contributed by atoms with Gasteiger partial charge in [-0.2, -0.15) is 0 Å². The van der Waals surface area contributed by atoms with Crippen molar-refractivity contribution in [3.05, 3.63) is 73.6 Å². The molecule has 1 N–H and O–H groups in total. The maximum Gasteiger partial charge on any atom is 0.299 e. The van der Waals surface area contributed by atoms with Crippen LogP contribution in [0, 0.1) is 26.0 Å². The summed E-state index contributed by atoms with van der Waals surface area (Å²) < 4.78 is 13.8. The summed E-state index contributed by atoms with van der Waals surface area (Å²) >= 11 is 0. The molecule has 8 nitrogen and oxygen atoms in total. The second-order valence-electron chi connectivity index (χ2n) is 5.73. The van der Waals surface area contributed by atoms with Crippen molar-refractivity contribution >= 4 is 17.1 Å². The van der Waals surface area contributed by atoms with Crippen molar-refractivity contribution in [1.29, 1.82) is 0 Å². The smallest absolute Gasteiger partial charge is 0.299 e. The van der Waals surface area contributed by atoms with Gasteiger partial charge in [-0.05, 0) is 37.9 Å². The predicted octanol–water partition coefficient (Wildman–Crippen LogP) is 3.32. The zero-order valence-corrected chi connectivity index (χ0v) is 13.7. The minimum atomic E-state index is -0.690. The highest BCUT2D eigenvalue weighted by atomic mass is 19.1. The molecule has 0 amide bonds. The predicted molar refractivity (Wildman–Crippen MR) is 90.9 cm³/mol. The van der Waals surface area contributed by atoms with Crippen LogP contribution >= 0.6 is 0 Å². The Hall–Kier alpha value is -3.07. The first kappa shape index (κ1) is 18.3. The van der Waals surface area contributed by atoms with Gasteiger partial charge in [0.05, 0.1) is 15.9 Å². The third kappa shape index (κ3) is 4.70. The lowest BCUT2D eigenvalue weighted by atomic mass is 10.1. The highest BCUT2D eigenvalue weighted by molar-refractivity contribution is 5.65. The molecule has 0 aromatic heterocycles. The van der Waals surface area contributed by atoms with Gasteiger partial charge < -0.3 is 10.2 Å². The summed E-state index contributed by atoms with van der Waals surface area (Å²) in [6, 6.07) is 8.00. The number of nitro groups is 2. The van der Waals surface area contributed by atoms with Gasteiger partial charge in [-0.15, -0.1) is 0 Å². The zero-order chi connectivity index (χ0) is 18.6. The molecule has 0 unspecified atom stereocenters. The minimum Gasteiger partial charge on any atom is -0.375 e. The first-order valence-electron chi connectivity index (χ1n) is 7.36. The van der Waals surface area contributed by atoms with Crippen LogP contribution in [0.15, 0.2) is 36.4 Å². The van der Waals surface area contributed by atoms with Crippen molar-refractivity contribution in [2.75, 3.05) is 19.4 Å². The number of non-ortho nitro benzene ring substituents is 1. The molecule has 0 atom stereocenters. The number of benzene rings is 2. The zero-order valence-electron chi connectivity index (χ0n) is 13.7. The number of hydrogen-bond donors (Lipinski definition) is 1. The van der Waals surface area contributed by atoms with Gasteiger partial charge in [-0.25, -0.2) is 4.39 Å². The van der Waals surface area contributed by atoms with E-state index in [9.17, 15) is 24.6 Å². The topological polar surface area (TPSA) is 102 Å². The number of anilines is 1. The van der Waals surface area contributed by atoms with Crippen molar-refractivity contribution in [3.63, 3.8) is 0 Å². The number of rotatable bonds is 7. The monoisotopic (exact) mass is 348 g/mol. The number of nitrogens with zero attached hydrogens (tertiary/aromatic N) is 3. The Kier molecular flexibility index (Phi) is 5.60. The molecular formula is C16H17FN4O4. The van der Waals surface area contributed by atoms with E-state index in [-0.39, 0.29) is 29.4 Å². The Labute approximate surface area is 143 Å².